The van der Waals surface area contributed by atoms with Gasteiger partial charge in [0.1, 0.15) is 17.7 Å². The predicted octanol–water partition coefficient (Wildman–Crippen LogP) is 5.11. The Hall–Kier alpha value is -3.85. The van der Waals surface area contributed by atoms with Crippen molar-refractivity contribution in [3.05, 3.63) is 105 Å². The van der Waals surface area contributed by atoms with E-state index in [9.17, 15) is 18.4 Å². The molecule has 0 radical (unpaired) electrons. The first-order valence-electron chi connectivity index (χ1n) is 10.9. The minimum atomic E-state index is -0.997. The van der Waals surface area contributed by atoms with E-state index in [0.29, 0.717) is 10.7 Å². The number of benzene rings is 2. The third-order valence-corrected chi connectivity index (χ3v) is 6.62. The monoisotopic (exact) mass is 494 g/mol. The van der Waals surface area contributed by atoms with E-state index in [0.717, 1.165) is 29.5 Å². The van der Waals surface area contributed by atoms with E-state index in [2.05, 4.69) is 20.8 Å². The fourth-order valence-electron chi connectivity index (χ4n) is 3.75. The topological polar surface area (TPSA) is 86.9 Å². The summed E-state index contributed by atoms with van der Waals surface area (Å²) >= 11 is 1.31. The Morgan fingerprint density at radius 1 is 1.03 bits per heavy atom. The van der Waals surface area contributed by atoms with Crippen LogP contribution in [0.4, 0.5) is 14.6 Å². The van der Waals surface area contributed by atoms with Gasteiger partial charge in [0.15, 0.2) is 5.82 Å². The summed E-state index contributed by atoms with van der Waals surface area (Å²) in [6.07, 6.45) is -0.276. The second kappa shape index (κ2) is 10.2. The van der Waals surface area contributed by atoms with Crippen LogP contribution in [0.25, 0.3) is 0 Å². The number of H-pyrrole nitrogens is 1. The molecule has 0 bridgehead atoms. The van der Waals surface area contributed by atoms with E-state index in [-0.39, 0.29) is 17.4 Å². The molecule has 2 aromatic carbocycles. The van der Waals surface area contributed by atoms with E-state index in [4.69, 9.17) is 0 Å². The average Bonchev–Trinajstić information content (AvgIpc) is 3.50. The van der Waals surface area contributed by atoms with Crippen molar-refractivity contribution in [2.75, 3.05) is 5.32 Å². The number of thiophene rings is 1. The summed E-state index contributed by atoms with van der Waals surface area (Å²) in [5.74, 6) is -2.25. The van der Waals surface area contributed by atoms with Crippen molar-refractivity contribution in [1.29, 1.82) is 0 Å². The van der Waals surface area contributed by atoms with Crippen LogP contribution in [0.2, 0.25) is 0 Å². The zero-order chi connectivity index (χ0) is 25.0. The van der Waals surface area contributed by atoms with Gasteiger partial charge in [-0.05, 0) is 34.7 Å². The Morgan fingerprint density at radius 2 is 1.74 bits per heavy atom. The van der Waals surface area contributed by atoms with Crippen LogP contribution in [0.15, 0.2) is 72.1 Å². The molecule has 0 aliphatic rings. The summed E-state index contributed by atoms with van der Waals surface area (Å²) in [4.78, 5) is 26.4. The van der Waals surface area contributed by atoms with Crippen molar-refractivity contribution in [2.24, 2.45) is 0 Å². The maximum atomic E-state index is 13.5. The maximum Gasteiger partial charge on any atom is 0.253 e. The normalized spacial score (nSPS) is 12.2. The SMILES string of the molecule is CC(C)(c1ccccc1)c1cc(NC(=O)[C@@H](NC(=O)Cc2cc(F)cc(F)c2)c2cccs2)n[nH]1. The Labute approximate surface area is 205 Å². The fraction of sp³-hybridized carbons (Fsp3) is 0.192. The van der Waals surface area contributed by atoms with E-state index in [1.54, 1.807) is 23.6 Å². The Balaban J connectivity index is 1.49. The van der Waals surface area contributed by atoms with Crippen molar-refractivity contribution in [2.45, 2.75) is 31.7 Å². The molecule has 9 heteroatoms. The molecule has 2 heterocycles. The molecule has 2 amide bonds. The smallest absolute Gasteiger partial charge is 0.253 e. The molecule has 0 saturated carbocycles. The lowest BCUT2D eigenvalue weighted by Gasteiger charge is -2.23. The van der Waals surface area contributed by atoms with Gasteiger partial charge in [-0.3, -0.25) is 14.7 Å². The summed E-state index contributed by atoms with van der Waals surface area (Å²) in [5, 5.41) is 14.4. The number of aromatic nitrogens is 2. The number of hydrogen-bond acceptors (Lipinski definition) is 4. The van der Waals surface area contributed by atoms with Crippen molar-refractivity contribution in [3.8, 4) is 0 Å². The highest BCUT2D eigenvalue weighted by molar-refractivity contribution is 7.10. The van der Waals surface area contributed by atoms with E-state index >= 15 is 0 Å². The lowest BCUT2D eigenvalue weighted by Crippen LogP contribution is -2.37. The summed E-state index contributed by atoms with van der Waals surface area (Å²) in [6, 6.07) is 17.1. The molecule has 0 aliphatic heterocycles. The zero-order valence-electron chi connectivity index (χ0n) is 19.1. The zero-order valence-corrected chi connectivity index (χ0v) is 20.0. The van der Waals surface area contributed by atoms with Crippen molar-refractivity contribution in [3.63, 3.8) is 0 Å². The molecule has 4 rings (SSSR count). The molecule has 0 unspecified atom stereocenters. The second-order valence-corrected chi connectivity index (χ2v) is 9.60. The standard InChI is InChI=1S/C26H24F2N4O2S/c1-26(2,17-7-4-3-5-8-17)21-15-22(32-31-21)29-25(34)24(20-9-6-10-35-20)30-23(33)13-16-11-18(27)14-19(28)12-16/h3-12,14-15,24H,13H2,1-2H3,(H,30,33)(H2,29,31,32,34)/t24-/m0/s1. The van der Waals surface area contributed by atoms with Crippen LogP contribution in [0, 0.1) is 11.6 Å². The number of anilines is 1. The number of rotatable bonds is 8. The van der Waals surface area contributed by atoms with Gasteiger partial charge >= 0.3 is 0 Å². The van der Waals surface area contributed by atoms with Crippen LogP contribution >= 0.6 is 11.3 Å². The molecule has 0 spiro atoms. The predicted molar refractivity (Wildman–Crippen MR) is 131 cm³/mol. The first-order chi connectivity index (χ1) is 16.7. The molecule has 35 heavy (non-hydrogen) atoms. The highest BCUT2D eigenvalue weighted by atomic mass is 32.1. The number of hydrogen-bond donors (Lipinski definition) is 3. The number of carbonyl (C=O) groups is 2. The van der Waals surface area contributed by atoms with E-state index in [1.807, 2.05) is 44.2 Å². The molecule has 0 saturated heterocycles. The highest BCUT2D eigenvalue weighted by Gasteiger charge is 2.28. The van der Waals surface area contributed by atoms with E-state index < -0.39 is 29.5 Å². The Bertz CT molecular complexity index is 1300. The minimum absolute atomic E-state index is 0.172. The van der Waals surface area contributed by atoms with Gasteiger partial charge in [0.05, 0.1) is 6.42 Å². The van der Waals surface area contributed by atoms with Gasteiger partial charge in [-0.2, -0.15) is 5.10 Å². The van der Waals surface area contributed by atoms with Crippen molar-refractivity contribution >= 4 is 29.0 Å². The lowest BCUT2D eigenvalue weighted by molar-refractivity contribution is -0.126. The first-order valence-corrected chi connectivity index (χ1v) is 11.8. The summed E-state index contributed by atoms with van der Waals surface area (Å²) in [5.41, 5.74) is 1.69. The van der Waals surface area contributed by atoms with Crippen molar-refractivity contribution in [1.82, 2.24) is 15.5 Å². The number of carbonyl (C=O) groups excluding carboxylic acids is 2. The number of nitrogens with zero attached hydrogens (tertiary/aromatic N) is 1. The first kappa shape index (κ1) is 24.3. The van der Waals surface area contributed by atoms with Crippen LogP contribution in [-0.2, 0) is 21.4 Å². The number of halogens is 2. The lowest BCUT2D eigenvalue weighted by atomic mass is 9.82. The van der Waals surface area contributed by atoms with Gasteiger partial charge in [-0.15, -0.1) is 11.3 Å². The average molecular weight is 495 g/mol. The molecule has 2 aromatic heterocycles. The Morgan fingerprint density at radius 3 is 2.40 bits per heavy atom. The molecule has 3 N–H and O–H groups in total. The second-order valence-electron chi connectivity index (χ2n) is 8.62. The number of aromatic amines is 1. The third-order valence-electron chi connectivity index (χ3n) is 5.68. The molecule has 180 valence electrons. The van der Waals surface area contributed by atoms with Crippen molar-refractivity contribution < 1.29 is 18.4 Å². The Kier molecular flexibility index (Phi) is 7.07. The molecule has 4 aromatic rings. The quantitative estimate of drug-likeness (QED) is 0.318. The van der Waals surface area contributed by atoms with Crippen LogP contribution in [0.1, 0.15) is 41.6 Å². The fourth-order valence-corrected chi connectivity index (χ4v) is 4.52. The van der Waals surface area contributed by atoms with E-state index in [1.165, 1.54) is 11.3 Å². The third kappa shape index (κ3) is 5.81. The highest BCUT2D eigenvalue weighted by Crippen LogP contribution is 2.31. The van der Waals surface area contributed by atoms with Gasteiger partial charge in [-0.25, -0.2) is 8.78 Å². The van der Waals surface area contributed by atoms with Crippen LogP contribution < -0.4 is 10.6 Å². The van der Waals surface area contributed by atoms with Gasteiger partial charge in [0.2, 0.25) is 5.91 Å². The van der Waals surface area contributed by atoms with Gasteiger partial charge < -0.3 is 10.6 Å². The van der Waals surface area contributed by atoms with Gasteiger partial charge in [0, 0.05) is 28.1 Å². The molecule has 0 fully saturated rings. The largest absolute Gasteiger partial charge is 0.340 e. The van der Waals surface area contributed by atoms with Gasteiger partial charge in [0.25, 0.3) is 5.91 Å². The maximum absolute atomic E-state index is 13.5. The number of nitrogens with one attached hydrogen (secondary N) is 3. The van der Waals surface area contributed by atoms with Crippen LogP contribution in [0.3, 0.4) is 0 Å². The molecular formula is C26H24F2N4O2S. The van der Waals surface area contributed by atoms with Crippen LogP contribution in [0.5, 0.6) is 0 Å². The number of amides is 2. The van der Waals surface area contributed by atoms with Crippen LogP contribution in [-0.4, -0.2) is 22.0 Å². The summed E-state index contributed by atoms with van der Waals surface area (Å²) in [6.45, 7) is 4.09. The summed E-state index contributed by atoms with van der Waals surface area (Å²) in [7, 11) is 0. The minimum Gasteiger partial charge on any atom is -0.340 e. The van der Waals surface area contributed by atoms with Gasteiger partial charge in [-0.1, -0.05) is 50.2 Å². The molecular weight excluding hydrogens is 470 g/mol. The molecule has 6 nitrogen and oxygen atoms in total. The summed E-state index contributed by atoms with van der Waals surface area (Å²) < 4.78 is 27.0. The molecule has 1 atom stereocenters. The molecule has 0 aliphatic carbocycles.